The third-order valence-electron chi connectivity index (χ3n) is 2.56. The number of carboxylic acids is 1. The van der Waals surface area contributed by atoms with Gasteiger partial charge >= 0.3 is 5.97 Å². The van der Waals surface area contributed by atoms with Crippen molar-refractivity contribution in [2.75, 3.05) is 45.9 Å². The molecule has 1 saturated heterocycles. The van der Waals surface area contributed by atoms with Crippen molar-refractivity contribution >= 4 is 11.9 Å². The van der Waals surface area contributed by atoms with Crippen LogP contribution in [0.5, 0.6) is 0 Å². The Morgan fingerprint density at radius 3 is 2.50 bits per heavy atom. The number of carbonyl (C=O) groups excluding carboxylic acids is 1. The lowest BCUT2D eigenvalue weighted by Gasteiger charge is -2.29. The highest BCUT2D eigenvalue weighted by molar-refractivity contribution is 5.79. The molecular weight excluding hydrogens is 212 g/mol. The van der Waals surface area contributed by atoms with Gasteiger partial charge in [-0.15, -0.1) is 0 Å². The third kappa shape index (κ3) is 4.59. The van der Waals surface area contributed by atoms with Crippen molar-refractivity contribution in [2.24, 2.45) is 0 Å². The molecular formula is C10H18N2O4. The number of carboxylic acid groups (broad SMARTS) is 1. The van der Waals surface area contributed by atoms with Gasteiger partial charge in [0, 0.05) is 33.1 Å². The zero-order valence-corrected chi connectivity index (χ0v) is 9.52. The van der Waals surface area contributed by atoms with Crippen molar-refractivity contribution in [3.63, 3.8) is 0 Å². The van der Waals surface area contributed by atoms with E-state index >= 15 is 0 Å². The first kappa shape index (κ1) is 12.9. The average Bonchev–Trinajstić information content (AvgIpc) is 2.25. The minimum atomic E-state index is -0.975. The van der Waals surface area contributed by atoms with Crippen LogP contribution >= 0.6 is 0 Å². The maximum Gasteiger partial charge on any atom is 0.323 e. The number of aliphatic carboxylic acids is 1. The van der Waals surface area contributed by atoms with Crippen molar-refractivity contribution in [1.82, 2.24) is 9.80 Å². The van der Waals surface area contributed by atoms with Crippen LogP contribution in [0.25, 0.3) is 0 Å². The number of hydrogen-bond donors (Lipinski definition) is 1. The number of ether oxygens (including phenoxy) is 1. The Kier molecular flexibility index (Phi) is 5.21. The van der Waals surface area contributed by atoms with E-state index in [1.807, 2.05) is 0 Å². The molecule has 0 aromatic heterocycles. The molecule has 1 heterocycles. The second-order valence-corrected chi connectivity index (χ2v) is 3.79. The zero-order valence-electron chi connectivity index (χ0n) is 9.52. The van der Waals surface area contributed by atoms with E-state index in [4.69, 9.17) is 9.84 Å². The summed E-state index contributed by atoms with van der Waals surface area (Å²) in [6.07, 6.45) is 0. The van der Waals surface area contributed by atoms with Crippen LogP contribution in [0.4, 0.5) is 0 Å². The molecule has 1 aliphatic heterocycles. The highest BCUT2D eigenvalue weighted by atomic mass is 16.5. The van der Waals surface area contributed by atoms with Gasteiger partial charge in [0.1, 0.15) is 6.54 Å². The molecule has 92 valence electrons. The predicted octanol–water partition coefficient (Wildman–Crippen LogP) is -0.748. The van der Waals surface area contributed by atoms with Crippen molar-refractivity contribution in [3.05, 3.63) is 0 Å². The minimum absolute atomic E-state index is 0.198. The summed E-state index contributed by atoms with van der Waals surface area (Å²) in [6, 6.07) is 0. The van der Waals surface area contributed by atoms with Crippen LogP contribution in [0.3, 0.4) is 0 Å². The first-order chi connectivity index (χ1) is 7.59. The van der Waals surface area contributed by atoms with E-state index in [9.17, 15) is 9.59 Å². The van der Waals surface area contributed by atoms with Crippen molar-refractivity contribution in [3.8, 4) is 0 Å². The molecule has 1 amide bonds. The number of amides is 1. The van der Waals surface area contributed by atoms with E-state index in [0.717, 1.165) is 13.1 Å². The van der Waals surface area contributed by atoms with Crippen molar-refractivity contribution in [1.29, 1.82) is 0 Å². The topological polar surface area (TPSA) is 70.1 Å². The van der Waals surface area contributed by atoms with Crippen LogP contribution in [-0.2, 0) is 14.3 Å². The quantitative estimate of drug-likeness (QED) is 0.673. The van der Waals surface area contributed by atoms with E-state index in [1.165, 1.54) is 11.8 Å². The van der Waals surface area contributed by atoms with Gasteiger partial charge in [-0.05, 0) is 0 Å². The molecule has 0 aliphatic carbocycles. The molecule has 1 N–H and O–H groups in total. The van der Waals surface area contributed by atoms with Gasteiger partial charge in [0.05, 0.1) is 13.2 Å². The summed E-state index contributed by atoms with van der Waals surface area (Å²) in [5.41, 5.74) is 0. The fourth-order valence-electron chi connectivity index (χ4n) is 1.60. The summed E-state index contributed by atoms with van der Waals surface area (Å²) < 4.78 is 5.20. The summed E-state index contributed by atoms with van der Waals surface area (Å²) in [4.78, 5) is 25.2. The molecule has 6 nitrogen and oxygen atoms in total. The van der Waals surface area contributed by atoms with Crippen molar-refractivity contribution in [2.45, 2.75) is 6.92 Å². The highest BCUT2D eigenvalue weighted by Crippen LogP contribution is 1.98. The zero-order chi connectivity index (χ0) is 12.0. The lowest BCUT2D eigenvalue weighted by Crippen LogP contribution is -2.43. The number of hydrogen-bond acceptors (Lipinski definition) is 4. The molecule has 0 radical (unpaired) electrons. The van der Waals surface area contributed by atoms with E-state index in [1.54, 1.807) is 0 Å². The van der Waals surface area contributed by atoms with E-state index < -0.39 is 5.97 Å². The van der Waals surface area contributed by atoms with Crippen LogP contribution in [0, 0.1) is 0 Å². The van der Waals surface area contributed by atoms with E-state index in [2.05, 4.69) is 4.90 Å². The van der Waals surface area contributed by atoms with Gasteiger partial charge in [-0.1, -0.05) is 0 Å². The fraction of sp³-hybridized carbons (Fsp3) is 0.800. The first-order valence-electron chi connectivity index (χ1n) is 5.37. The van der Waals surface area contributed by atoms with Gasteiger partial charge < -0.3 is 14.7 Å². The first-order valence-corrected chi connectivity index (χ1v) is 5.37. The number of carbonyl (C=O) groups is 2. The Morgan fingerprint density at radius 2 is 2.00 bits per heavy atom. The Bertz CT molecular complexity index is 251. The van der Waals surface area contributed by atoms with Crippen LogP contribution in [-0.4, -0.2) is 72.7 Å². The second-order valence-electron chi connectivity index (χ2n) is 3.79. The molecule has 0 aromatic rings. The minimum Gasteiger partial charge on any atom is -0.480 e. The Hall–Kier alpha value is -1.14. The molecule has 6 heteroatoms. The molecule has 0 atom stereocenters. The summed E-state index contributed by atoms with van der Waals surface area (Å²) in [7, 11) is 0. The molecule has 0 bridgehead atoms. The molecule has 1 fully saturated rings. The second kappa shape index (κ2) is 6.44. The van der Waals surface area contributed by atoms with Crippen LogP contribution < -0.4 is 0 Å². The molecule has 0 unspecified atom stereocenters. The third-order valence-corrected chi connectivity index (χ3v) is 2.56. The number of morpholine rings is 1. The van der Waals surface area contributed by atoms with Crippen molar-refractivity contribution < 1.29 is 19.4 Å². The van der Waals surface area contributed by atoms with Gasteiger partial charge in [0.15, 0.2) is 0 Å². The lowest BCUT2D eigenvalue weighted by molar-refractivity contribution is -0.143. The molecule has 0 aromatic carbocycles. The summed E-state index contributed by atoms with van der Waals surface area (Å²) in [5, 5.41) is 8.64. The van der Waals surface area contributed by atoms with Gasteiger partial charge in [0.2, 0.25) is 5.91 Å². The standard InChI is InChI=1S/C10H18N2O4/c1-9(13)12(8-10(14)15)3-2-11-4-6-16-7-5-11/h2-8H2,1H3,(H,14,15). The SMILES string of the molecule is CC(=O)N(CCN1CCOCC1)CC(=O)O. The van der Waals surface area contributed by atoms with Crippen LogP contribution in [0.2, 0.25) is 0 Å². The van der Waals surface area contributed by atoms with Gasteiger partial charge in [-0.25, -0.2) is 0 Å². The Balaban J connectivity index is 2.30. The van der Waals surface area contributed by atoms with Gasteiger partial charge in [0.25, 0.3) is 0 Å². The van der Waals surface area contributed by atoms with E-state index in [-0.39, 0.29) is 12.5 Å². The normalized spacial score (nSPS) is 17.1. The summed E-state index contributed by atoms with van der Waals surface area (Å²) in [5.74, 6) is -1.17. The molecule has 1 aliphatic rings. The van der Waals surface area contributed by atoms with Gasteiger partial charge in [-0.2, -0.15) is 0 Å². The fourth-order valence-corrected chi connectivity index (χ4v) is 1.60. The van der Waals surface area contributed by atoms with Crippen LogP contribution in [0.1, 0.15) is 6.92 Å². The molecule has 0 saturated carbocycles. The summed E-state index contributed by atoms with van der Waals surface area (Å²) in [6.45, 7) is 5.44. The largest absolute Gasteiger partial charge is 0.480 e. The lowest BCUT2D eigenvalue weighted by atomic mass is 10.3. The average molecular weight is 230 g/mol. The highest BCUT2D eigenvalue weighted by Gasteiger charge is 2.15. The smallest absolute Gasteiger partial charge is 0.323 e. The molecule has 1 rings (SSSR count). The Labute approximate surface area is 94.8 Å². The molecule has 16 heavy (non-hydrogen) atoms. The number of nitrogens with zero attached hydrogens (tertiary/aromatic N) is 2. The number of rotatable bonds is 5. The maximum absolute atomic E-state index is 11.2. The van der Waals surface area contributed by atoms with E-state index in [0.29, 0.717) is 26.3 Å². The Morgan fingerprint density at radius 1 is 1.38 bits per heavy atom. The molecule has 0 spiro atoms. The monoisotopic (exact) mass is 230 g/mol. The van der Waals surface area contributed by atoms with Gasteiger partial charge in [-0.3, -0.25) is 14.5 Å². The van der Waals surface area contributed by atoms with Crippen LogP contribution in [0.15, 0.2) is 0 Å². The predicted molar refractivity (Wildman–Crippen MR) is 57.1 cm³/mol. The summed E-state index contributed by atoms with van der Waals surface area (Å²) >= 11 is 0. The maximum atomic E-state index is 11.2.